The Morgan fingerprint density at radius 3 is 2.00 bits per heavy atom. The monoisotopic (exact) mass is 331 g/mol. The summed E-state index contributed by atoms with van der Waals surface area (Å²) in [5.41, 5.74) is 2.09. The number of carbonyl (C=O) groups is 2. The lowest BCUT2D eigenvalue weighted by Gasteiger charge is -2.07. The van der Waals surface area contributed by atoms with Crippen molar-refractivity contribution >= 4 is 17.6 Å². The van der Waals surface area contributed by atoms with Gasteiger partial charge in [-0.3, -0.25) is 9.59 Å². The molecule has 3 aromatic rings. The first-order chi connectivity index (χ1) is 12.2. The van der Waals surface area contributed by atoms with Crippen molar-refractivity contribution in [1.82, 2.24) is 0 Å². The zero-order valence-corrected chi connectivity index (χ0v) is 13.5. The van der Waals surface area contributed by atoms with Crippen molar-refractivity contribution in [2.24, 2.45) is 0 Å². The molecule has 0 fully saturated rings. The van der Waals surface area contributed by atoms with Crippen molar-refractivity contribution in [1.29, 1.82) is 0 Å². The third-order valence-electron chi connectivity index (χ3n) is 3.57. The van der Waals surface area contributed by atoms with E-state index in [4.69, 9.17) is 4.74 Å². The number of rotatable bonds is 5. The van der Waals surface area contributed by atoms with Gasteiger partial charge in [-0.2, -0.15) is 0 Å². The van der Waals surface area contributed by atoms with Gasteiger partial charge in [-0.05, 0) is 42.0 Å². The molecule has 124 valence electrons. The van der Waals surface area contributed by atoms with Crippen LogP contribution in [0.15, 0.2) is 84.9 Å². The van der Waals surface area contributed by atoms with Crippen LogP contribution in [0.4, 0.5) is 5.69 Å². The van der Waals surface area contributed by atoms with E-state index in [1.54, 1.807) is 48.5 Å². The van der Waals surface area contributed by atoms with Crippen LogP contribution in [0, 0.1) is 0 Å². The molecular weight excluding hydrogens is 314 g/mol. The van der Waals surface area contributed by atoms with Crippen molar-refractivity contribution in [3.8, 4) is 5.75 Å². The first-order valence-corrected chi connectivity index (χ1v) is 7.92. The van der Waals surface area contributed by atoms with Gasteiger partial charge in [0.2, 0.25) is 0 Å². The molecule has 3 rings (SSSR count). The Hall–Kier alpha value is -3.40. The highest BCUT2D eigenvalue weighted by Gasteiger charge is 2.08. The van der Waals surface area contributed by atoms with Gasteiger partial charge in [-0.1, -0.05) is 48.5 Å². The zero-order chi connectivity index (χ0) is 17.5. The van der Waals surface area contributed by atoms with Crippen molar-refractivity contribution < 1.29 is 14.3 Å². The number of anilines is 1. The maximum absolute atomic E-state index is 12.1. The second-order valence-corrected chi connectivity index (χ2v) is 5.48. The highest BCUT2D eigenvalue weighted by molar-refractivity contribution is 6.04. The van der Waals surface area contributed by atoms with Crippen molar-refractivity contribution in [2.45, 2.75) is 6.42 Å². The SMILES string of the molecule is O=C(Cc1ccc(NC(=O)c2ccccc2)cc1)Oc1ccccc1. The van der Waals surface area contributed by atoms with Gasteiger partial charge in [0.1, 0.15) is 5.75 Å². The fraction of sp³-hybridized carbons (Fsp3) is 0.0476. The highest BCUT2D eigenvalue weighted by Crippen LogP contribution is 2.14. The maximum Gasteiger partial charge on any atom is 0.315 e. The number of amides is 1. The normalized spacial score (nSPS) is 10.1. The topological polar surface area (TPSA) is 55.4 Å². The lowest BCUT2D eigenvalue weighted by Crippen LogP contribution is -2.12. The van der Waals surface area contributed by atoms with E-state index in [0.29, 0.717) is 17.0 Å². The van der Waals surface area contributed by atoms with Crippen molar-refractivity contribution in [2.75, 3.05) is 5.32 Å². The van der Waals surface area contributed by atoms with Crippen LogP contribution in [0.5, 0.6) is 5.75 Å². The lowest BCUT2D eigenvalue weighted by molar-refractivity contribution is -0.133. The van der Waals surface area contributed by atoms with Gasteiger partial charge < -0.3 is 10.1 Å². The second kappa shape index (κ2) is 7.93. The van der Waals surface area contributed by atoms with E-state index in [9.17, 15) is 9.59 Å². The Labute approximate surface area is 146 Å². The zero-order valence-electron chi connectivity index (χ0n) is 13.5. The molecule has 0 unspecified atom stereocenters. The molecule has 0 aromatic heterocycles. The molecule has 1 N–H and O–H groups in total. The van der Waals surface area contributed by atoms with Crippen LogP contribution in [0.2, 0.25) is 0 Å². The summed E-state index contributed by atoms with van der Waals surface area (Å²) in [5.74, 6) is 0.0309. The number of hydrogen-bond acceptors (Lipinski definition) is 3. The number of carbonyl (C=O) groups excluding carboxylic acids is 2. The van der Waals surface area contributed by atoms with Gasteiger partial charge >= 0.3 is 5.97 Å². The Morgan fingerprint density at radius 2 is 1.36 bits per heavy atom. The molecule has 0 saturated carbocycles. The highest BCUT2D eigenvalue weighted by atomic mass is 16.5. The average molecular weight is 331 g/mol. The van der Waals surface area contributed by atoms with Gasteiger partial charge in [0.05, 0.1) is 6.42 Å². The fourth-order valence-corrected chi connectivity index (χ4v) is 2.32. The quantitative estimate of drug-likeness (QED) is 0.566. The van der Waals surface area contributed by atoms with E-state index in [-0.39, 0.29) is 18.3 Å². The number of para-hydroxylation sites is 1. The lowest BCUT2D eigenvalue weighted by atomic mass is 10.1. The molecule has 0 aliphatic carbocycles. The summed E-state index contributed by atoms with van der Waals surface area (Å²) >= 11 is 0. The molecule has 1 amide bonds. The van der Waals surface area contributed by atoms with Crippen LogP contribution in [-0.2, 0) is 11.2 Å². The van der Waals surface area contributed by atoms with Crippen LogP contribution in [0.1, 0.15) is 15.9 Å². The van der Waals surface area contributed by atoms with E-state index >= 15 is 0 Å². The van der Waals surface area contributed by atoms with Crippen molar-refractivity contribution in [3.05, 3.63) is 96.1 Å². The van der Waals surface area contributed by atoms with Crippen LogP contribution < -0.4 is 10.1 Å². The average Bonchev–Trinajstić information content (AvgIpc) is 2.65. The molecule has 0 radical (unpaired) electrons. The summed E-state index contributed by atoms with van der Waals surface area (Å²) in [6, 6.07) is 25.1. The third-order valence-corrected chi connectivity index (χ3v) is 3.57. The first kappa shape index (κ1) is 16.5. The van der Waals surface area contributed by atoms with Gasteiger partial charge in [0.15, 0.2) is 0 Å². The number of ether oxygens (including phenoxy) is 1. The molecule has 0 spiro atoms. The van der Waals surface area contributed by atoms with Gasteiger partial charge in [-0.15, -0.1) is 0 Å². The molecule has 25 heavy (non-hydrogen) atoms. The Bertz CT molecular complexity index is 843. The van der Waals surface area contributed by atoms with Crippen LogP contribution in [-0.4, -0.2) is 11.9 Å². The summed E-state index contributed by atoms with van der Waals surface area (Å²) < 4.78 is 5.26. The van der Waals surface area contributed by atoms with Crippen molar-refractivity contribution in [3.63, 3.8) is 0 Å². The van der Waals surface area contributed by atoms with Gasteiger partial charge in [0.25, 0.3) is 5.91 Å². The molecule has 0 aliphatic heterocycles. The Balaban J connectivity index is 1.57. The Morgan fingerprint density at radius 1 is 0.760 bits per heavy atom. The minimum absolute atomic E-state index is 0.168. The summed E-state index contributed by atoms with van der Waals surface area (Å²) in [5, 5.41) is 2.82. The molecule has 4 nitrogen and oxygen atoms in total. The summed E-state index contributed by atoms with van der Waals surface area (Å²) in [6.07, 6.45) is 0.168. The van der Waals surface area contributed by atoms with E-state index in [1.807, 2.05) is 36.4 Å². The van der Waals surface area contributed by atoms with E-state index in [2.05, 4.69) is 5.32 Å². The Kier molecular flexibility index (Phi) is 5.22. The molecular formula is C21H17NO3. The standard InChI is InChI=1S/C21H17NO3/c23-20(25-19-9-5-2-6-10-19)15-16-11-13-18(14-12-16)22-21(24)17-7-3-1-4-8-17/h1-14H,15H2,(H,22,24). The molecule has 4 heteroatoms. The molecule has 0 aliphatic rings. The number of esters is 1. The largest absolute Gasteiger partial charge is 0.426 e. The molecule has 0 saturated heterocycles. The number of nitrogens with one attached hydrogen (secondary N) is 1. The smallest absolute Gasteiger partial charge is 0.315 e. The van der Waals surface area contributed by atoms with Crippen LogP contribution in [0.3, 0.4) is 0 Å². The molecule has 0 heterocycles. The molecule has 3 aromatic carbocycles. The number of benzene rings is 3. The summed E-state index contributed by atoms with van der Waals surface area (Å²) in [6.45, 7) is 0. The predicted octanol–water partition coefficient (Wildman–Crippen LogP) is 4.09. The fourth-order valence-electron chi connectivity index (χ4n) is 2.32. The van der Waals surface area contributed by atoms with E-state index < -0.39 is 0 Å². The minimum Gasteiger partial charge on any atom is -0.426 e. The maximum atomic E-state index is 12.1. The van der Waals surface area contributed by atoms with E-state index in [1.165, 1.54) is 0 Å². The first-order valence-electron chi connectivity index (χ1n) is 7.92. The van der Waals surface area contributed by atoms with Crippen LogP contribution >= 0.6 is 0 Å². The summed E-state index contributed by atoms with van der Waals surface area (Å²) in [4.78, 5) is 24.0. The number of hydrogen-bond donors (Lipinski definition) is 1. The summed E-state index contributed by atoms with van der Waals surface area (Å²) in [7, 11) is 0. The second-order valence-electron chi connectivity index (χ2n) is 5.48. The molecule has 0 atom stereocenters. The van der Waals surface area contributed by atoms with E-state index in [0.717, 1.165) is 5.56 Å². The molecule has 0 bridgehead atoms. The predicted molar refractivity (Wildman–Crippen MR) is 96.6 cm³/mol. The van der Waals surface area contributed by atoms with Gasteiger partial charge in [-0.25, -0.2) is 0 Å². The third kappa shape index (κ3) is 4.78. The van der Waals surface area contributed by atoms with Gasteiger partial charge in [0, 0.05) is 11.3 Å². The van der Waals surface area contributed by atoms with Crippen LogP contribution in [0.25, 0.3) is 0 Å². The minimum atomic E-state index is -0.327.